The maximum Gasteiger partial charge on any atom is 0.209 e. The molecule has 0 aliphatic carbocycles. The molecule has 2 aromatic carbocycles. The normalized spacial score (nSPS) is 10.4. The molecule has 0 radical (unpaired) electrons. The molecule has 3 rings (SSSR count). The highest BCUT2D eigenvalue weighted by molar-refractivity contribution is 7.71. The van der Waals surface area contributed by atoms with Gasteiger partial charge in [0, 0.05) is 5.56 Å². The number of hydrogen-bond donors (Lipinski definition) is 1. The van der Waals surface area contributed by atoms with Crippen molar-refractivity contribution in [2.75, 3.05) is 5.73 Å². The maximum absolute atomic E-state index is 6.04. The highest BCUT2D eigenvalue weighted by Gasteiger charge is 2.08. The van der Waals surface area contributed by atoms with Gasteiger partial charge >= 0.3 is 0 Å². The molecule has 5 heteroatoms. The SMILES string of the molecule is Nc1nc(-c2ccccc2)nc(=S)n1-c1ccccc1. The van der Waals surface area contributed by atoms with Crippen LogP contribution in [0.15, 0.2) is 60.7 Å². The monoisotopic (exact) mass is 280 g/mol. The molecule has 20 heavy (non-hydrogen) atoms. The second-order valence-electron chi connectivity index (χ2n) is 4.22. The minimum absolute atomic E-state index is 0.329. The third-order valence-corrected chi connectivity index (χ3v) is 3.16. The van der Waals surface area contributed by atoms with Gasteiger partial charge in [-0.1, -0.05) is 48.5 Å². The lowest BCUT2D eigenvalue weighted by molar-refractivity contribution is 0.918. The molecule has 0 aliphatic rings. The lowest BCUT2D eigenvalue weighted by atomic mass is 10.2. The third-order valence-electron chi connectivity index (χ3n) is 2.89. The van der Waals surface area contributed by atoms with Crippen molar-refractivity contribution in [3.8, 4) is 17.1 Å². The average molecular weight is 280 g/mol. The standard InChI is InChI=1S/C15H12N4S/c16-14-17-13(11-7-3-1-4-8-11)18-15(20)19(14)12-9-5-2-6-10-12/h1-10H,(H2,16,17,18,20). The van der Waals surface area contributed by atoms with E-state index in [1.807, 2.05) is 60.7 Å². The Morgan fingerprint density at radius 2 is 1.45 bits per heavy atom. The summed E-state index contributed by atoms with van der Waals surface area (Å²) < 4.78 is 2.05. The molecule has 98 valence electrons. The van der Waals surface area contributed by atoms with E-state index in [-0.39, 0.29) is 0 Å². The smallest absolute Gasteiger partial charge is 0.209 e. The predicted molar refractivity (Wildman–Crippen MR) is 82.0 cm³/mol. The molecule has 2 N–H and O–H groups in total. The van der Waals surface area contributed by atoms with Gasteiger partial charge in [0.2, 0.25) is 10.7 Å². The van der Waals surface area contributed by atoms with Crippen LogP contribution in [0.5, 0.6) is 0 Å². The summed E-state index contributed by atoms with van der Waals surface area (Å²) in [7, 11) is 0. The molecule has 3 aromatic rings. The summed E-state index contributed by atoms with van der Waals surface area (Å²) >= 11 is 5.34. The van der Waals surface area contributed by atoms with Crippen LogP contribution in [0.25, 0.3) is 17.1 Å². The van der Waals surface area contributed by atoms with Crippen molar-refractivity contribution in [3.05, 3.63) is 65.4 Å². The zero-order valence-electron chi connectivity index (χ0n) is 10.6. The largest absolute Gasteiger partial charge is 0.369 e. The summed E-state index contributed by atoms with van der Waals surface area (Å²) in [5.41, 5.74) is 7.79. The van der Waals surface area contributed by atoms with Crippen molar-refractivity contribution in [3.63, 3.8) is 0 Å². The van der Waals surface area contributed by atoms with Crippen molar-refractivity contribution in [2.24, 2.45) is 0 Å². The summed E-state index contributed by atoms with van der Waals surface area (Å²) in [6.07, 6.45) is 0. The quantitative estimate of drug-likeness (QED) is 0.732. The summed E-state index contributed by atoms with van der Waals surface area (Å²) in [5.74, 6) is 0.871. The molecule has 0 unspecified atom stereocenters. The molecule has 0 amide bonds. The molecule has 0 spiro atoms. The topological polar surface area (TPSA) is 56.7 Å². The van der Waals surface area contributed by atoms with Gasteiger partial charge in [0.1, 0.15) is 0 Å². The zero-order chi connectivity index (χ0) is 13.9. The molecule has 0 bridgehead atoms. The number of nitrogen functional groups attached to an aromatic ring is 1. The minimum Gasteiger partial charge on any atom is -0.369 e. The number of aromatic nitrogens is 3. The number of para-hydroxylation sites is 1. The van der Waals surface area contributed by atoms with Crippen LogP contribution < -0.4 is 5.73 Å². The Balaban J connectivity index is 2.16. The van der Waals surface area contributed by atoms with E-state index in [4.69, 9.17) is 18.0 Å². The fourth-order valence-corrected chi connectivity index (χ4v) is 2.24. The number of benzene rings is 2. The van der Waals surface area contributed by atoms with Crippen molar-refractivity contribution >= 4 is 18.2 Å². The Kier molecular flexibility index (Phi) is 3.26. The van der Waals surface area contributed by atoms with Crippen LogP contribution in [0.3, 0.4) is 0 Å². The van der Waals surface area contributed by atoms with Crippen molar-refractivity contribution < 1.29 is 0 Å². The molecule has 1 aromatic heterocycles. The highest BCUT2D eigenvalue weighted by Crippen LogP contribution is 2.18. The Morgan fingerprint density at radius 1 is 0.850 bits per heavy atom. The van der Waals surface area contributed by atoms with Gasteiger partial charge in [-0.25, -0.2) is 0 Å². The van der Waals surface area contributed by atoms with Gasteiger partial charge in [-0.3, -0.25) is 4.57 Å². The lowest BCUT2D eigenvalue weighted by Crippen LogP contribution is -2.10. The minimum atomic E-state index is 0.329. The van der Waals surface area contributed by atoms with E-state index < -0.39 is 0 Å². The van der Waals surface area contributed by atoms with Crippen LogP contribution in [-0.4, -0.2) is 14.5 Å². The molecule has 0 saturated carbocycles. The lowest BCUT2D eigenvalue weighted by Gasteiger charge is -2.10. The Labute approximate surface area is 121 Å². The molecular weight excluding hydrogens is 268 g/mol. The summed E-state index contributed by atoms with van der Waals surface area (Å²) in [5, 5.41) is 0. The number of nitrogens with zero attached hydrogens (tertiary/aromatic N) is 3. The molecule has 0 aliphatic heterocycles. The first-order valence-corrected chi connectivity index (χ1v) is 6.54. The van der Waals surface area contributed by atoms with Gasteiger partial charge in [0.05, 0.1) is 5.69 Å². The first kappa shape index (κ1) is 12.5. The van der Waals surface area contributed by atoms with Gasteiger partial charge in [-0.05, 0) is 24.4 Å². The van der Waals surface area contributed by atoms with Crippen LogP contribution in [-0.2, 0) is 0 Å². The van der Waals surface area contributed by atoms with E-state index in [0.29, 0.717) is 16.5 Å². The van der Waals surface area contributed by atoms with Crippen LogP contribution in [0.1, 0.15) is 0 Å². The first-order valence-electron chi connectivity index (χ1n) is 6.13. The second kappa shape index (κ2) is 5.22. The second-order valence-corrected chi connectivity index (χ2v) is 4.59. The van der Waals surface area contributed by atoms with Gasteiger partial charge in [0.15, 0.2) is 5.82 Å². The molecule has 4 nitrogen and oxygen atoms in total. The number of hydrogen-bond acceptors (Lipinski definition) is 4. The molecule has 0 atom stereocenters. The van der Waals surface area contributed by atoms with Crippen molar-refractivity contribution in [1.82, 2.24) is 14.5 Å². The number of rotatable bonds is 2. The van der Waals surface area contributed by atoms with Crippen LogP contribution in [0, 0.1) is 4.77 Å². The fraction of sp³-hybridized carbons (Fsp3) is 0. The van der Waals surface area contributed by atoms with Crippen LogP contribution in [0.4, 0.5) is 5.95 Å². The van der Waals surface area contributed by atoms with E-state index in [1.54, 1.807) is 4.57 Å². The fourth-order valence-electron chi connectivity index (χ4n) is 1.96. The highest BCUT2D eigenvalue weighted by atomic mass is 32.1. The van der Waals surface area contributed by atoms with Gasteiger partial charge in [0.25, 0.3) is 0 Å². The van der Waals surface area contributed by atoms with Crippen LogP contribution in [0.2, 0.25) is 0 Å². The summed E-state index contributed by atoms with van der Waals surface area (Å²) in [6.45, 7) is 0. The van der Waals surface area contributed by atoms with E-state index >= 15 is 0 Å². The molecular formula is C15H12N4S. The number of anilines is 1. The predicted octanol–water partition coefficient (Wildman–Crippen LogP) is 3.25. The van der Waals surface area contributed by atoms with E-state index in [9.17, 15) is 0 Å². The van der Waals surface area contributed by atoms with Crippen molar-refractivity contribution in [2.45, 2.75) is 0 Å². The summed E-state index contributed by atoms with van der Waals surface area (Å²) in [4.78, 5) is 8.71. The average Bonchev–Trinajstić information content (AvgIpc) is 2.48. The Morgan fingerprint density at radius 3 is 2.05 bits per heavy atom. The number of nitrogens with two attached hydrogens (primary N) is 1. The Bertz CT molecular complexity index is 782. The first-order chi connectivity index (χ1) is 9.75. The maximum atomic E-state index is 6.04. The van der Waals surface area contributed by atoms with E-state index in [1.165, 1.54) is 0 Å². The zero-order valence-corrected chi connectivity index (χ0v) is 11.4. The van der Waals surface area contributed by atoms with Crippen LogP contribution >= 0.6 is 12.2 Å². The van der Waals surface area contributed by atoms with E-state index in [0.717, 1.165) is 11.3 Å². The van der Waals surface area contributed by atoms with Gasteiger partial charge < -0.3 is 5.73 Å². The molecule has 0 fully saturated rings. The van der Waals surface area contributed by atoms with E-state index in [2.05, 4.69) is 9.97 Å². The van der Waals surface area contributed by atoms with Gasteiger partial charge in [-0.15, -0.1) is 0 Å². The molecule has 1 heterocycles. The Hall–Kier alpha value is -2.53. The third kappa shape index (κ3) is 2.31. The van der Waals surface area contributed by atoms with Gasteiger partial charge in [-0.2, -0.15) is 9.97 Å². The summed E-state index contributed by atoms with van der Waals surface area (Å²) in [6, 6.07) is 19.2. The van der Waals surface area contributed by atoms with Crippen molar-refractivity contribution in [1.29, 1.82) is 0 Å². The molecule has 0 saturated heterocycles.